The van der Waals surface area contributed by atoms with Gasteiger partial charge < -0.3 is 36.6 Å². The van der Waals surface area contributed by atoms with Gasteiger partial charge in [-0.15, -0.1) is 0 Å². The highest BCUT2D eigenvalue weighted by Gasteiger charge is 2.29. The summed E-state index contributed by atoms with van der Waals surface area (Å²) < 4.78 is 10.2. The molecule has 12 nitrogen and oxygen atoms in total. The fourth-order valence-corrected chi connectivity index (χ4v) is 4.11. The van der Waals surface area contributed by atoms with Crippen molar-refractivity contribution < 1.29 is 23.9 Å². The fourth-order valence-electron chi connectivity index (χ4n) is 4.11. The van der Waals surface area contributed by atoms with E-state index in [9.17, 15) is 14.4 Å². The molecule has 0 aliphatic carbocycles. The van der Waals surface area contributed by atoms with Crippen LogP contribution < -0.4 is 22.1 Å². The van der Waals surface area contributed by atoms with Crippen molar-refractivity contribution in [2.24, 2.45) is 16.5 Å². The van der Waals surface area contributed by atoms with E-state index in [0.29, 0.717) is 17.9 Å². The Labute approximate surface area is 245 Å². The van der Waals surface area contributed by atoms with Gasteiger partial charge in [0.05, 0.1) is 7.11 Å². The molecule has 0 radical (unpaired) electrons. The molecule has 0 saturated carbocycles. The Morgan fingerprint density at radius 3 is 2.21 bits per heavy atom. The van der Waals surface area contributed by atoms with Gasteiger partial charge in [-0.2, -0.15) is 0 Å². The number of nitrogens with two attached hydrogens (primary N) is 2. The Bertz CT molecular complexity index is 1360. The smallest absolute Gasteiger partial charge is 0.408 e. The molecule has 12 heteroatoms. The molecule has 0 spiro atoms. The van der Waals surface area contributed by atoms with Crippen molar-refractivity contribution in [2.45, 2.75) is 57.7 Å². The van der Waals surface area contributed by atoms with Gasteiger partial charge in [-0.05, 0) is 44.7 Å². The van der Waals surface area contributed by atoms with Crippen LogP contribution >= 0.6 is 0 Å². The lowest BCUT2D eigenvalue weighted by Crippen LogP contribution is -2.53. The molecule has 0 bridgehead atoms. The predicted molar refractivity (Wildman–Crippen MR) is 160 cm³/mol. The SMILES string of the molecule is COC(=O)[C@H](CCCN=C(N)N)NC(=O)[C@H](Cc1cnc(-c2ccc(-c3ccccc3)cc2)[nH]1)NC(=O)OC(C)(C)C. The van der Waals surface area contributed by atoms with Gasteiger partial charge in [-0.25, -0.2) is 14.6 Å². The van der Waals surface area contributed by atoms with Gasteiger partial charge in [0.2, 0.25) is 5.91 Å². The summed E-state index contributed by atoms with van der Waals surface area (Å²) in [5.41, 5.74) is 13.6. The van der Waals surface area contributed by atoms with Crippen molar-refractivity contribution in [2.75, 3.05) is 13.7 Å². The number of carbonyl (C=O) groups excluding carboxylic acids is 3. The summed E-state index contributed by atoms with van der Waals surface area (Å²) in [7, 11) is 1.23. The predicted octanol–water partition coefficient (Wildman–Crippen LogP) is 2.89. The third kappa shape index (κ3) is 9.95. The second-order valence-corrected chi connectivity index (χ2v) is 10.6. The highest BCUT2D eigenvalue weighted by atomic mass is 16.6. The number of imidazole rings is 1. The van der Waals surface area contributed by atoms with E-state index in [0.717, 1.165) is 16.7 Å². The summed E-state index contributed by atoms with van der Waals surface area (Å²) in [4.78, 5) is 50.0. The number of H-pyrrole nitrogens is 1. The first-order chi connectivity index (χ1) is 19.9. The number of amides is 2. The molecular weight excluding hydrogens is 538 g/mol. The number of rotatable bonds is 12. The van der Waals surface area contributed by atoms with Crippen molar-refractivity contribution in [1.82, 2.24) is 20.6 Å². The Morgan fingerprint density at radius 2 is 1.60 bits per heavy atom. The lowest BCUT2D eigenvalue weighted by molar-refractivity contribution is -0.145. The first kappa shape index (κ1) is 31.7. The van der Waals surface area contributed by atoms with E-state index in [1.54, 1.807) is 27.0 Å². The number of aromatic amines is 1. The maximum absolute atomic E-state index is 13.4. The van der Waals surface area contributed by atoms with Gasteiger partial charge in [0.25, 0.3) is 0 Å². The number of carbonyl (C=O) groups is 3. The molecule has 2 aromatic carbocycles. The van der Waals surface area contributed by atoms with Crippen LogP contribution in [0.2, 0.25) is 0 Å². The van der Waals surface area contributed by atoms with Crippen molar-refractivity contribution in [1.29, 1.82) is 0 Å². The van der Waals surface area contributed by atoms with Gasteiger partial charge in [0.15, 0.2) is 5.96 Å². The number of aromatic nitrogens is 2. The number of esters is 1. The number of guanidine groups is 1. The summed E-state index contributed by atoms with van der Waals surface area (Å²) in [5, 5.41) is 5.29. The molecule has 3 rings (SSSR count). The Hall–Kier alpha value is -4.87. The number of methoxy groups -OCH3 is 1. The van der Waals surface area contributed by atoms with Gasteiger partial charge in [-0.1, -0.05) is 54.6 Å². The summed E-state index contributed by atoms with van der Waals surface area (Å²) in [5.74, 6) is -0.692. The van der Waals surface area contributed by atoms with E-state index in [1.807, 2.05) is 54.6 Å². The number of aliphatic imine (C=N–C) groups is 1. The normalized spacial score (nSPS) is 12.5. The van der Waals surface area contributed by atoms with E-state index in [2.05, 4.69) is 25.6 Å². The van der Waals surface area contributed by atoms with Crippen LogP contribution in [-0.4, -0.2) is 65.2 Å². The molecule has 42 heavy (non-hydrogen) atoms. The minimum atomic E-state index is -1.08. The Morgan fingerprint density at radius 1 is 0.952 bits per heavy atom. The zero-order valence-electron chi connectivity index (χ0n) is 24.3. The van der Waals surface area contributed by atoms with Gasteiger partial charge in [-0.3, -0.25) is 9.79 Å². The summed E-state index contributed by atoms with van der Waals surface area (Å²) in [6, 6.07) is 15.9. The van der Waals surface area contributed by atoms with E-state index in [1.165, 1.54) is 7.11 Å². The topological polar surface area (TPSA) is 187 Å². The monoisotopic (exact) mass is 577 g/mol. The molecule has 0 aliphatic rings. The quantitative estimate of drug-likeness (QED) is 0.0940. The summed E-state index contributed by atoms with van der Waals surface area (Å²) >= 11 is 0. The van der Waals surface area contributed by atoms with E-state index >= 15 is 0 Å². The van der Waals surface area contributed by atoms with Gasteiger partial charge in [0.1, 0.15) is 23.5 Å². The number of nitrogens with zero attached hydrogens (tertiary/aromatic N) is 2. The van der Waals surface area contributed by atoms with Crippen LogP contribution in [0.3, 0.4) is 0 Å². The van der Waals surface area contributed by atoms with Crippen LogP contribution in [-0.2, 0) is 25.5 Å². The first-order valence-electron chi connectivity index (χ1n) is 13.6. The molecular formula is C30H39N7O5. The second-order valence-electron chi connectivity index (χ2n) is 10.6. The molecule has 2 amide bonds. The van der Waals surface area contributed by atoms with Crippen LogP contribution in [0.1, 0.15) is 39.3 Å². The van der Waals surface area contributed by atoms with Crippen molar-refractivity contribution in [3.05, 3.63) is 66.5 Å². The fraction of sp³-hybridized carbons (Fsp3) is 0.367. The van der Waals surface area contributed by atoms with Crippen molar-refractivity contribution >= 4 is 23.9 Å². The average molecular weight is 578 g/mol. The molecule has 0 saturated heterocycles. The maximum Gasteiger partial charge on any atom is 0.408 e. The molecule has 7 N–H and O–H groups in total. The zero-order valence-corrected chi connectivity index (χ0v) is 24.3. The van der Waals surface area contributed by atoms with E-state index in [-0.39, 0.29) is 25.3 Å². The highest BCUT2D eigenvalue weighted by Crippen LogP contribution is 2.23. The Balaban J connectivity index is 1.76. The number of benzene rings is 2. The molecule has 1 heterocycles. The van der Waals surface area contributed by atoms with E-state index < -0.39 is 35.7 Å². The van der Waals surface area contributed by atoms with Crippen LogP contribution in [0.5, 0.6) is 0 Å². The third-order valence-electron chi connectivity index (χ3n) is 6.07. The molecule has 1 aromatic heterocycles. The average Bonchev–Trinajstić information content (AvgIpc) is 3.41. The van der Waals surface area contributed by atoms with Gasteiger partial charge in [0, 0.05) is 30.4 Å². The first-order valence-corrected chi connectivity index (χ1v) is 13.6. The number of nitrogens with one attached hydrogen (secondary N) is 3. The van der Waals surface area contributed by atoms with Crippen molar-refractivity contribution in [3.8, 4) is 22.5 Å². The molecule has 2 atom stereocenters. The highest BCUT2D eigenvalue weighted by molar-refractivity contribution is 5.90. The van der Waals surface area contributed by atoms with Gasteiger partial charge >= 0.3 is 12.1 Å². The zero-order chi connectivity index (χ0) is 30.7. The van der Waals surface area contributed by atoms with Crippen LogP contribution in [0.25, 0.3) is 22.5 Å². The van der Waals surface area contributed by atoms with Crippen molar-refractivity contribution in [3.63, 3.8) is 0 Å². The lowest BCUT2D eigenvalue weighted by Gasteiger charge is -2.24. The van der Waals surface area contributed by atoms with E-state index in [4.69, 9.17) is 20.9 Å². The number of hydrogen-bond donors (Lipinski definition) is 5. The second kappa shape index (κ2) is 14.7. The summed E-state index contributed by atoms with van der Waals surface area (Å²) in [6.45, 7) is 5.43. The van der Waals surface area contributed by atoms with Crippen LogP contribution in [0.4, 0.5) is 4.79 Å². The number of hydrogen-bond acceptors (Lipinski definition) is 7. The molecule has 224 valence electrons. The minimum absolute atomic E-state index is 0.0576. The van der Waals surface area contributed by atoms with Crippen LogP contribution in [0.15, 0.2) is 65.8 Å². The molecule has 0 aliphatic heterocycles. The minimum Gasteiger partial charge on any atom is -0.467 e. The number of ether oxygens (including phenoxy) is 2. The standard InChI is InChI=1S/C30H39N7O5/c1-30(2,3)42-29(40)37-24(26(38)36-23(27(39)41-4)11-8-16-33-28(31)32)17-22-18-34-25(35-22)21-14-12-20(13-15-21)19-9-6-5-7-10-19/h5-7,9-10,12-15,18,23-24H,8,11,16-17H2,1-4H3,(H,34,35)(H,36,38)(H,37,40)(H4,31,32,33)/t23-,24-/m0/s1. The number of alkyl carbamates (subject to hydrolysis) is 1. The molecule has 0 unspecified atom stereocenters. The summed E-state index contributed by atoms with van der Waals surface area (Å²) in [6.07, 6.45) is 1.52. The largest absolute Gasteiger partial charge is 0.467 e. The molecule has 0 fully saturated rings. The van der Waals surface area contributed by atoms with Crippen LogP contribution in [0, 0.1) is 0 Å². The Kier molecular flexibility index (Phi) is 11.1. The lowest BCUT2D eigenvalue weighted by atomic mass is 10.0. The maximum atomic E-state index is 13.4. The third-order valence-corrected chi connectivity index (χ3v) is 6.07. The molecule has 3 aromatic rings.